The van der Waals surface area contributed by atoms with Crippen molar-refractivity contribution in [3.63, 3.8) is 0 Å². The van der Waals surface area contributed by atoms with Crippen molar-refractivity contribution in [1.29, 1.82) is 0 Å². The largest absolute Gasteiger partial charge is 0.391 e. The van der Waals surface area contributed by atoms with Crippen LogP contribution in [0.25, 0.3) is 10.9 Å². The lowest BCUT2D eigenvalue weighted by Crippen LogP contribution is -2.58. The molecule has 1 aromatic heterocycles. The number of para-hydroxylation sites is 1. The van der Waals surface area contributed by atoms with E-state index in [4.69, 9.17) is 0 Å². The SMILES string of the molecule is CC[C@H](C)[C@@H]1NC(=O)CN(C(=O)c2cc3ccccc3[nH]2)CCNC(=O)[C@H](Cc2ccccc2)NC(=O)[C@@H]2C[C@@H](O)CN2C1=O. The Morgan fingerprint density at radius 3 is 2.47 bits per heavy atom. The van der Waals surface area contributed by atoms with Gasteiger partial charge in [0.2, 0.25) is 23.6 Å². The highest BCUT2D eigenvalue weighted by Crippen LogP contribution is 2.23. The summed E-state index contributed by atoms with van der Waals surface area (Å²) in [5.41, 5.74) is 1.87. The van der Waals surface area contributed by atoms with Gasteiger partial charge in [-0.1, -0.05) is 68.8 Å². The van der Waals surface area contributed by atoms with E-state index in [1.165, 1.54) is 9.80 Å². The molecule has 2 aliphatic rings. The summed E-state index contributed by atoms with van der Waals surface area (Å²) < 4.78 is 0. The van der Waals surface area contributed by atoms with Crippen LogP contribution in [0.4, 0.5) is 0 Å². The number of aromatic nitrogens is 1. The maximum Gasteiger partial charge on any atom is 0.270 e. The first-order valence-electron chi connectivity index (χ1n) is 15.4. The van der Waals surface area contributed by atoms with Crippen LogP contribution in [0.5, 0.6) is 0 Å². The van der Waals surface area contributed by atoms with Crippen LogP contribution in [0.15, 0.2) is 60.7 Å². The first kappa shape index (κ1) is 31.7. The van der Waals surface area contributed by atoms with E-state index in [9.17, 15) is 29.1 Å². The molecule has 2 aliphatic heterocycles. The Morgan fingerprint density at radius 2 is 1.73 bits per heavy atom. The third-order valence-corrected chi connectivity index (χ3v) is 8.64. The number of amides is 5. The summed E-state index contributed by atoms with van der Waals surface area (Å²) in [5.74, 6) is -2.83. The van der Waals surface area contributed by atoms with Gasteiger partial charge >= 0.3 is 0 Å². The van der Waals surface area contributed by atoms with Gasteiger partial charge in [-0.15, -0.1) is 0 Å². The Labute approximate surface area is 261 Å². The highest BCUT2D eigenvalue weighted by Gasteiger charge is 2.43. The van der Waals surface area contributed by atoms with Crippen LogP contribution in [-0.2, 0) is 25.6 Å². The van der Waals surface area contributed by atoms with E-state index in [1.807, 2.05) is 68.4 Å². The molecule has 0 radical (unpaired) electrons. The fourth-order valence-corrected chi connectivity index (χ4v) is 5.94. The van der Waals surface area contributed by atoms with Crippen LogP contribution in [-0.4, -0.2) is 99.8 Å². The van der Waals surface area contributed by atoms with Gasteiger partial charge in [0.15, 0.2) is 0 Å². The van der Waals surface area contributed by atoms with E-state index < -0.39 is 53.8 Å². The third-order valence-electron chi connectivity index (χ3n) is 8.64. The summed E-state index contributed by atoms with van der Waals surface area (Å²) in [4.78, 5) is 73.9. The molecule has 5 atom stereocenters. The van der Waals surface area contributed by atoms with Gasteiger partial charge in [0, 0.05) is 43.4 Å². The van der Waals surface area contributed by atoms with E-state index in [-0.39, 0.29) is 50.6 Å². The minimum Gasteiger partial charge on any atom is -0.391 e. The number of nitrogens with one attached hydrogen (secondary N) is 4. The second-order valence-electron chi connectivity index (χ2n) is 11.9. The van der Waals surface area contributed by atoms with Gasteiger partial charge < -0.3 is 35.8 Å². The molecule has 3 heterocycles. The lowest BCUT2D eigenvalue weighted by molar-refractivity contribution is -0.143. The van der Waals surface area contributed by atoms with Crippen molar-refractivity contribution in [3.8, 4) is 0 Å². The fourth-order valence-electron chi connectivity index (χ4n) is 5.94. The summed E-state index contributed by atoms with van der Waals surface area (Å²) in [7, 11) is 0. The summed E-state index contributed by atoms with van der Waals surface area (Å²) in [6, 6.07) is 15.3. The van der Waals surface area contributed by atoms with Crippen molar-refractivity contribution in [3.05, 3.63) is 71.9 Å². The van der Waals surface area contributed by atoms with E-state index in [2.05, 4.69) is 20.9 Å². The van der Waals surface area contributed by atoms with Crippen LogP contribution in [0, 0.1) is 5.92 Å². The first-order chi connectivity index (χ1) is 21.6. The number of aromatic amines is 1. The van der Waals surface area contributed by atoms with Crippen LogP contribution >= 0.6 is 0 Å². The molecule has 3 aromatic rings. The van der Waals surface area contributed by atoms with Gasteiger partial charge in [-0.25, -0.2) is 0 Å². The molecule has 12 nitrogen and oxygen atoms in total. The van der Waals surface area contributed by atoms with Crippen LogP contribution in [0.1, 0.15) is 42.7 Å². The Hall–Kier alpha value is -4.71. The highest BCUT2D eigenvalue weighted by molar-refractivity contribution is 6.00. The van der Waals surface area contributed by atoms with Gasteiger partial charge in [-0.2, -0.15) is 0 Å². The molecule has 2 fully saturated rings. The maximum atomic E-state index is 13.9. The predicted octanol–water partition coefficient (Wildman–Crippen LogP) is 0.960. The van der Waals surface area contributed by atoms with Crippen molar-refractivity contribution in [2.24, 2.45) is 5.92 Å². The minimum absolute atomic E-state index is 0.00223. The van der Waals surface area contributed by atoms with Crippen molar-refractivity contribution in [2.75, 3.05) is 26.2 Å². The monoisotopic (exact) mass is 616 g/mol. The topological polar surface area (TPSA) is 164 Å². The summed E-state index contributed by atoms with van der Waals surface area (Å²) in [6.07, 6.45) is -0.193. The predicted molar refractivity (Wildman–Crippen MR) is 167 cm³/mol. The molecule has 5 amide bonds. The second-order valence-corrected chi connectivity index (χ2v) is 11.9. The molecule has 0 aliphatic carbocycles. The van der Waals surface area contributed by atoms with Gasteiger partial charge in [0.05, 0.1) is 12.6 Å². The number of fused-ring (bicyclic) bond motifs is 2. The Balaban J connectivity index is 1.47. The molecule has 0 bridgehead atoms. The van der Waals surface area contributed by atoms with E-state index >= 15 is 0 Å². The molecule has 45 heavy (non-hydrogen) atoms. The molecular formula is C33H40N6O6. The first-order valence-corrected chi connectivity index (χ1v) is 15.4. The van der Waals surface area contributed by atoms with Crippen LogP contribution < -0.4 is 16.0 Å². The zero-order valence-corrected chi connectivity index (χ0v) is 25.5. The lowest BCUT2D eigenvalue weighted by Gasteiger charge is -2.32. The van der Waals surface area contributed by atoms with Crippen molar-refractivity contribution in [1.82, 2.24) is 30.7 Å². The van der Waals surface area contributed by atoms with Gasteiger partial charge in [-0.05, 0) is 23.6 Å². The molecule has 0 saturated carbocycles. The van der Waals surface area contributed by atoms with Crippen LogP contribution in [0.2, 0.25) is 0 Å². The molecule has 2 aromatic carbocycles. The maximum absolute atomic E-state index is 13.9. The van der Waals surface area contributed by atoms with E-state index in [0.29, 0.717) is 6.42 Å². The Morgan fingerprint density at radius 1 is 1.00 bits per heavy atom. The van der Waals surface area contributed by atoms with E-state index in [0.717, 1.165) is 16.5 Å². The average Bonchev–Trinajstić information content (AvgIpc) is 3.65. The minimum atomic E-state index is -1.02. The highest BCUT2D eigenvalue weighted by atomic mass is 16.3. The zero-order valence-electron chi connectivity index (χ0n) is 25.5. The molecule has 5 rings (SSSR count). The van der Waals surface area contributed by atoms with Crippen LogP contribution in [0.3, 0.4) is 0 Å². The molecule has 0 spiro atoms. The van der Waals surface area contributed by atoms with Gasteiger partial charge in [-0.3, -0.25) is 24.0 Å². The molecule has 238 valence electrons. The summed E-state index contributed by atoms with van der Waals surface area (Å²) in [5, 5.41) is 19.8. The Bertz CT molecular complexity index is 1520. The number of hydrogen-bond acceptors (Lipinski definition) is 6. The normalized spacial score (nSPS) is 24.2. The average molecular weight is 617 g/mol. The number of rotatable bonds is 5. The van der Waals surface area contributed by atoms with Crippen molar-refractivity contribution >= 4 is 40.4 Å². The fraction of sp³-hybridized carbons (Fsp3) is 0.424. The molecule has 2 saturated heterocycles. The van der Waals surface area contributed by atoms with Gasteiger partial charge in [0.25, 0.3) is 5.91 Å². The lowest BCUT2D eigenvalue weighted by atomic mass is 9.97. The molecule has 0 unspecified atom stereocenters. The smallest absolute Gasteiger partial charge is 0.270 e. The summed E-state index contributed by atoms with van der Waals surface area (Å²) in [6.45, 7) is 3.29. The molecular weight excluding hydrogens is 576 g/mol. The zero-order chi connectivity index (χ0) is 32.1. The molecule has 12 heteroatoms. The number of hydrogen-bond donors (Lipinski definition) is 5. The van der Waals surface area contributed by atoms with Crippen molar-refractivity contribution < 1.29 is 29.1 Å². The molecule has 5 N–H and O–H groups in total. The summed E-state index contributed by atoms with van der Waals surface area (Å²) >= 11 is 0. The number of aliphatic hydroxyl groups excluding tert-OH is 1. The van der Waals surface area contributed by atoms with Crippen molar-refractivity contribution in [2.45, 2.75) is 57.3 Å². The number of nitrogens with zero attached hydrogens (tertiary/aromatic N) is 2. The standard InChI is InChI=1S/C33H40N6O6/c1-3-20(2)29-33(45)39-18-23(40)17-27(39)31(43)36-25(15-21-9-5-4-6-10-21)30(42)34-13-14-38(19-28(41)37-29)32(44)26-16-22-11-7-8-12-24(22)35-26/h4-12,16,20,23,25,27,29,35,40H,3,13-15,17-19H2,1-2H3,(H,34,42)(H,36,43)(H,37,41)/t20-,23+,25-,27-,29-/m0/s1. The number of carbonyl (C=O) groups is 5. The quantitative estimate of drug-likeness (QED) is 0.287. The van der Waals surface area contributed by atoms with Gasteiger partial charge in [0.1, 0.15) is 23.8 Å². The Kier molecular flexibility index (Phi) is 9.82. The second kappa shape index (κ2) is 13.9. The van der Waals surface area contributed by atoms with E-state index in [1.54, 1.807) is 6.07 Å². The number of aliphatic hydroxyl groups is 1. The number of carbonyl (C=O) groups excluding carboxylic acids is 5. The number of benzene rings is 2. The number of H-pyrrole nitrogens is 1. The third kappa shape index (κ3) is 7.34.